The largest absolute Gasteiger partial charge is 0.364 e. The fourth-order valence-corrected chi connectivity index (χ4v) is 4.44. The minimum atomic E-state index is 0.191. The van der Waals surface area contributed by atoms with E-state index in [9.17, 15) is 4.79 Å². The Morgan fingerprint density at radius 1 is 1.13 bits per heavy atom. The van der Waals surface area contributed by atoms with Gasteiger partial charge in [0.15, 0.2) is 11.5 Å². The van der Waals surface area contributed by atoms with Gasteiger partial charge in [-0.25, -0.2) is 0 Å². The lowest BCUT2D eigenvalue weighted by atomic mass is 10.1. The highest BCUT2D eigenvalue weighted by Gasteiger charge is 2.26. The maximum Gasteiger partial charge on any atom is 0.222 e. The Kier molecular flexibility index (Phi) is 5.15. The molecule has 1 aliphatic heterocycles. The topological polar surface area (TPSA) is 75.4 Å². The molecule has 30 heavy (non-hydrogen) atoms. The molecule has 0 spiro atoms. The number of thiophene rings is 1. The van der Waals surface area contributed by atoms with Gasteiger partial charge >= 0.3 is 0 Å². The summed E-state index contributed by atoms with van der Waals surface area (Å²) in [5.41, 5.74) is 2.92. The van der Waals surface area contributed by atoms with Crippen LogP contribution in [-0.4, -0.2) is 49.7 Å². The Labute approximate surface area is 178 Å². The van der Waals surface area contributed by atoms with Crippen LogP contribution in [0.5, 0.6) is 0 Å². The van der Waals surface area contributed by atoms with Crippen LogP contribution < -0.4 is 5.32 Å². The number of anilines is 1. The van der Waals surface area contributed by atoms with Gasteiger partial charge in [0.2, 0.25) is 5.91 Å². The predicted molar refractivity (Wildman–Crippen MR) is 117 cm³/mol. The van der Waals surface area contributed by atoms with Gasteiger partial charge in [0, 0.05) is 36.5 Å². The van der Waals surface area contributed by atoms with E-state index in [1.54, 1.807) is 15.9 Å². The zero-order valence-electron chi connectivity index (χ0n) is 16.4. The molecule has 0 aliphatic carbocycles. The van der Waals surface area contributed by atoms with Gasteiger partial charge in [-0.2, -0.15) is 15.9 Å². The maximum atomic E-state index is 12.6. The third kappa shape index (κ3) is 3.91. The molecule has 4 heterocycles. The lowest BCUT2D eigenvalue weighted by Crippen LogP contribution is -2.31. The van der Waals surface area contributed by atoms with Crippen LogP contribution >= 0.6 is 11.3 Å². The summed E-state index contributed by atoms with van der Waals surface area (Å²) >= 11 is 1.62. The fraction of sp³-hybridized carbons (Fsp3) is 0.273. The van der Waals surface area contributed by atoms with Crippen molar-refractivity contribution in [3.05, 3.63) is 64.9 Å². The summed E-state index contributed by atoms with van der Waals surface area (Å²) in [4.78, 5) is 14.5. The molecule has 1 aromatic carbocycles. The fourth-order valence-electron chi connectivity index (χ4n) is 3.81. The molecule has 1 N–H and O–H groups in total. The van der Waals surface area contributed by atoms with Gasteiger partial charge in [0.05, 0.1) is 0 Å². The molecule has 4 aromatic rings. The Bertz CT molecular complexity index is 1140. The second kappa shape index (κ2) is 8.23. The van der Waals surface area contributed by atoms with Crippen LogP contribution in [0.1, 0.15) is 18.4 Å². The quantitative estimate of drug-likeness (QED) is 0.519. The lowest BCUT2D eigenvalue weighted by molar-refractivity contribution is -0.130. The first-order chi connectivity index (χ1) is 14.8. The minimum Gasteiger partial charge on any atom is -0.364 e. The van der Waals surface area contributed by atoms with Crippen LogP contribution in [0.3, 0.4) is 0 Å². The molecular formula is C22H22N6OS. The van der Waals surface area contributed by atoms with Crippen molar-refractivity contribution >= 4 is 28.7 Å². The molecule has 1 saturated heterocycles. The number of nitrogens with one attached hydrogen (secondary N) is 1. The summed E-state index contributed by atoms with van der Waals surface area (Å²) in [6.45, 7) is 1.48. The monoisotopic (exact) mass is 418 g/mol. The van der Waals surface area contributed by atoms with E-state index in [1.807, 2.05) is 52.1 Å². The van der Waals surface area contributed by atoms with Crippen molar-refractivity contribution in [3.63, 3.8) is 0 Å². The van der Waals surface area contributed by atoms with E-state index in [0.29, 0.717) is 18.6 Å². The zero-order valence-corrected chi connectivity index (χ0v) is 17.3. The highest BCUT2D eigenvalue weighted by Crippen LogP contribution is 2.22. The molecule has 1 atom stereocenters. The second-order valence-corrected chi connectivity index (χ2v) is 8.26. The zero-order chi connectivity index (χ0) is 20.3. The van der Waals surface area contributed by atoms with E-state index >= 15 is 0 Å². The summed E-state index contributed by atoms with van der Waals surface area (Å²) in [7, 11) is 0. The van der Waals surface area contributed by atoms with E-state index in [2.05, 4.69) is 32.7 Å². The number of carbonyl (C=O) groups is 1. The van der Waals surface area contributed by atoms with E-state index in [4.69, 9.17) is 0 Å². The van der Waals surface area contributed by atoms with Crippen LogP contribution in [0.4, 0.5) is 5.82 Å². The van der Waals surface area contributed by atoms with E-state index in [0.717, 1.165) is 36.6 Å². The van der Waals surface area contributed by atoms with Gasteiger partial charge in [-0.1, -0.05) is 30.3 Å². The number of rotatable bonds is 6. The van der Waals surface area contributed by atoms with Crippen LogP contribution in [0, 0.1) is 0 Å². The normalized spacial score (nSPS) is 16.3. The van der Waals surface area contributed by atoms with Crippen molar-refractivity contribution in [2.75, 3.05) is 18.4 Å². The first-order valence-corrected chi connectivity index (χ1v) is 11.0. The number of hydrogen-bond donors (Lipinski definition) is 1. The number of aromatic nitrogens is 4. The van der Waals surface area contributed by atoms with E-state index < -0.39 is 0 Å². The Morgan fingerprint density at radius 2 is 2.03 bits per heavy atom. The summed E-state index contributed by atoms with van der Waals surface area (Å²) in [5.74, 6) is 1.71. The molecule has 8 heteroatoms. The molecule has 3 aromatic heterocycles. The first-order valence-electron chi connectivity index (χ1n) is 10.1. The van der Waals surface area contributed by atoms with Gasteiger partial charge in [-0.15, -0.1) is 15.3 Å². The van der Waals surface area contributed by atoms with Crippen LogP contribution in [0.2, 0.25) is 0 Å². The summed E-state index contributed by atoms with van der Waals surface area (Å²) < 4.78 is 1.77. The maximum absolute atomic E-state index is 12.6. The number of hydrogen-bond acceptors (Lipinski definition) is 6. The van der Waals surface area contributed by atoms with Crippen molar-refractivity contribution < 1.29 is 4.79 Å². The highest BCUT2D eigenvalue weighted by molar-refractivity contribution is 7.08. The second-order valence-electron chi connectivity index (χ2n) is 7.48. The van der Waals surface area contributed by atoms with Crippen LogP contribution in [0.25, 0.3) is 17.0 Å². The molecule has 5 rings (SSSR count). The number of benzene rings is 1. The lowest BCUT2D eigenvalue weighted by Gasteiger charge is -2.17. The molecule has 1 amide bonds. The molecule has 1 fully saturated rings. The summed E-state index contributed by atoms with van der Waals surface area (Å²) in [6, 6.07) is 16.2. The molecule has 0 saturated carbocycles. The molecule has 0 bridgehead atoms. The van der Waals surface area contributed by atoms with Gasteiger partial charge in [-0.05, 0) is 42.0 Å². The molecule has 152 valence electrons. The number of likely N-dealkylation sites (tertiary alicyclic amines) is 1. The van der Waals surface area contributed by atoms with Crippen LogP contribution in [-0.2, 0) is 11.2 Å². The van der Waals surface area contributed by atoms with E-state index in [1.165, 1.54) is 5.56 Å². The van der Waals surface area contributed by atoms with Crippen molar-refractivity contribution in [3.8, 4) is 11.4 Å². The number of nitrogens with zero attached hydrogens (tertiary/aromatic N) is 5. The minimum absolute atomic E-state index is 0.191. The number of amides is 1. The smallest absolute Gasteiger partial charge is 0.222 e. The molecule has 1 aliphatic rings. The predicted octanol–water partition coefficient (Wildman–Crippen LogP) is 3.50. The molecule has 7 nitrogen and oxygen atoms in total. The average Bonchev–Trinajstić information content (AvgIpc) is 3.53. The van der Waals surface area contributed by atoms with Gasteiger partial charge in [-0.3, -0.25) is 4.79 Å². The Balaban J connectivity index is 1.22. The van der Waals surface area contributed by atoms with Crippen molar-refractivity contribution in [2.45, 2.75) is 25.3 Å². The Morgan fingerprint density at radius 3 is 2.87 bits per heavy atom. The van der Waals surface area contributed by atoms with Crippen molar-refractivity contribution in [1.29, 1.82) is 0 Å². The summed E-state index contributed by atoms with van der Waals surface area (Å²) in [5, 5.41) is 20.7. The standard InChI is InChI=1S/C22H22N6OS/c29-21(9-6-16-4-2-1-3-5-16)27-12-10-18(14-27)23-19-7-8-20-24-25-22(28(20)26-19)17-11-13-30-15-17/h1-5,7-8,11,13,15,18H,6,9-10,12,14H2,(H,23,26). The summed E-state index contributed by atoms with van der Waals surface area (Å²) in [6.07, 6.45) is 2.24. The SMILES string of the molecule is O=C(CCc1ccccc1)N1CCC(Nc2ccc3nnc(-c4ccsc4)n3n2)C1. The highest BCUT2D eigenvalue weighted by atomic mass is 32.1. The number of fused-ring (bicyclic) bond motifs is 1. The van der Waals surface area contributed by atoms with Crippen molar-refractivity contribution in [1.82, 2.24) is 24.7 Å². The van der Waals surface area contributed by atoms with Gasteiger partial charge < -0.3 is 10.2 Å². The third-order valence-electron chi connectivity index (χ3n) is 5.41. The number of aryl methyl sites for hydroxylation is 1. The Hall–Kier alpha value is -3.26. The van der Waals surface area contributed by atoms with E-state index in [-0.39, 0.29) is 11.9 Å². The molecular weight excluding hydrogens is 396 g/mol. The molecule has 1 unspecified atom stereocenters. The number of carbonyl (C=O) groups excluding carboxylic acids is 1. The average molecular weight is 419 g/mol. The van der Waals surface area contributed by atoms with Crippen molar-refractivity contribution in [2.24, 2.45) is 0 Å². The third-order valence-corrected chi connectivity index (χ3v) is 6.09. The first kappa shape index (κ1) is 18.7. The van der Waals surface area contributed by atoms with Gasteiger partial charge in [0.25, 0.3) is 0 Å². The van der Waals surface area contributed by atoms with Crippen LogP contribution in [0.15, 0.2) is 59.3 Å². The van der Waals surface area contributed by atoms with Gasteiger partial charge in [0.1, 0.15) is 5.82 Å². The molecule has 0 radical (unpaired) electrons.